The number of aryl methyl sites for hydroxylation is 1. The lowest BCUT2D eigenvalue weighted by Gasteiger charge is -2.15. The number of nitrogens with zero attached hydrogens (tertiary/aromatic N) is 1. The van der Waals surface area contributed by atoms with Gasteiger partial charge >= 0.3 is 0 Å². The summed E-state index contributed by atoms with van der Waals surface area (Å²) in [5.74, 6) is -0.474. The van der Waals surface area contributed by atoms with Gasteiger partial charge in [-0.3, -0.25) is 0 Å². The molecule has 6 nitrogen and oxygen atoms in total. The van der Waals surface area contributed by atoms with E-state index in [0.717, 1.165) is 12.3 Å². The maximum Gasteiger partial charge on any atom is 0.240 e. The van der Waals surface area contributed by atoms with Crippen LogP contribution in [0.5, 0.6) is 0 Å². The van der Waals surface area contributed by atoms with E-state index in [1.54, 1.807) is 0 Å². The lowest BCUT2D eigenvalue weighted by Crippen LogP contribution is -2.38. The summed E-state index contributed by atoms with van der Waals surface area (Å²) in [5.41, 5.74) is 0.238. The van der Waals surface area contributed by atoms with Gasteiger partial charge in [0.25, 0.3) is 0 Å². The van der Waals surface area contributed by atoms with Crippen LogP contribution >= 0.6 is 0 Å². The summed E-state index contributed by atoms with van der Waals surface area (Å²) in [6.45, 7) is 1.88. The summed E-state index contributed by atoms with van der Waals surface area (Å²) < 4.78 is 64.1. The largest absolute Gasteiger partial charge is 0.240 e. The molecular formula is C12H17FN2O4S2. The molecule has 1 heterocycles. The Balaban J connectivity index is 2.14. The highest BCUT2D eigenvalue weighted by atomic mass is 32.2. The lowest BCUT2D eigenvalue weighted by atomic mass is 10.2. The van der Waals surface area contributed by atoms with Gasteiger partial charge in [-0.05, 0) is 37.1 Å². The fraction of sp³-hybridized carbons (Fsp3) is 0.500. The van der Waals surface area contributed by atoms with Crippen molar-refractivity contribution < 1.29 is 21.2 Å². The Kier molecular flexibility index (Phi) is 4.39. The Morgan fingerprint density at radius 2 is 1.95 bits per heavy atom. The zero-order chi connectivity index (χ0) is 15.8. The van der Waals surface area contributed by atoms with Crippen molar-refractivity contribution in [3.63, 3.8) is 0 Å². The molecule has 1 aliphatic heterocycles. The molecule has 0 saturated carbocycles. The van der Waals surface area contributed by atoms with Crippen molar-refractivity contribution in [2.24, 2.45) is 0 Å². The summed E-state index contributed by atoms with van der Waals surface area (Å²) in [7, 11) is -7.11. The number of nitrogens with one attached hydrogen (secondary N) is 1. The zero-order valence-electron chi connectivity index (χ0n) is 11.7. The summed E-state index contributed by atoms with van der Waals surface area (Å²) in [4.78, 5) is -0.0285. The average Bonchev–Trinajstić information content (AvgIpc) is 2.80. The Bertz CT molecular complexity index is 747. The first-order valence-corrected chi connectivity index (χ1v) is 9.66. The van der Waals surface area contributed by atoms with Gasteiger partial charge in [0, 0.05) is 19.1 Å². The van der Waals surface area contributed by atoms with E-state index in [9.17, 15) is 21.2 Å². The van der Waals surface area contributed by atoms with Gasteiger partial charge in [-0.2, -0.15) is 0 Å². The van der Waals surface area contributed by atoms with Gasteiger partial charge in [0.15, 0.2) is 0 Å². The van der Waals surface area contributed by atoms with Crippen LogP contribution in [0.1, 0.15) is 12.0 Å². The van der Waals surface area contributed by atoms with E-state index >= 15 is 0 Å². The molecule has 118 valence electrons. The van der Waals surface area contributed by atoms with E-state index in [0.29, 0.717) is 6.42 Å². The molecule has 0 spiro atoms. The first-order valence-electron chi connectivity index (χ1n) is 6.33. The zero-order valence-corrected chi connectivity index (χ0v) is 13.3. The minimum atomic E-state index is -3.79. The molecule has 0 radical (unpaired) electrons. The molecule has 2 rings (SSSR count). The Morgan fingerprint density at radius 1 is 1.29 bits per heavy atom. The Labute approximate surface area is 124 Å². The van der Waals surface area contributed by atoms with Crippen LogP contribution in [0.25, 0.3) is 0 Å². The Hall–Kier alpha value is -1.03. The van der Waals surface area contributed by atoms with Gasteiger partial charge < -0.3 is 0 Å². The van der Waals surface area contributed by atoms with Gasteiger partial charge in [-0.1, -0.05) is 0 Å². The van der Waals surface area contributed by atoms with Gasteiger partial charge in [0.05, 0.1) is 11.2 Å². The van der Waals surface area contributed by atoms with Crippen LogP contribution < -0.4 is 4.72 Å². The van der Waals surface area contributed by atoms with Crippen LogP contribution in [-0.2, 0) is 20.0 Å². The molecule has 9 heteroatoms. The first-order chi connectivity index (χ1) is 9.59. The fourth-order valence-electron chi connectivity index (χ4n) is 2.20. The third-order valence-electron chi connectivity index (χ3n) is 3.38. The van der Waals surface area contributed by atoms with Crippen LogP contribution in [0.15, 0.2) is 23.1 Å². The van der Waals surface area contributed by atoms with Crippen molar-refractivity contribution in [3.8, 4) is 0 Å². The number of hydrogen-bond donors (Lipinski definition) is 1. The minimum Gasteiger partial charge on any atom is -0.213 e. The first kappa shape index (κ1) is 16.3. The summed E-state index contributed by atoms with van der Waals surface area (Å²) in [5, 5.41) is 0. The van der Waals surface area contributed by atoms with Gasteiger partial charge in [0.2, 0.25) is 20.0 Å². The molecule has 1 fully saturated rings. The fourth-order valence-corrected chi connectivity index (χ4v) is 4.43. The van der Waals surface area contributed by atoms with Crippen molar-refractivity contribution in [2.75, 3.05) is 19.3 Å². The van der Waals surface area contributed by atoms with Crippen LogP contribution in [0.4, 0.5) is 4.39 Å². The van der Waals surface area contributed by atoms with Gasteiger partial charge in [-0.15, -0.1) is 0 Å². The van der Waals surface area contributed by atoms with Gasteiger partial charge in [0.1, 0.15) is 5.82 Å². The molecule has 0 bridgehead atoms. The van der Waals surface area contributed by atoms with E-state index in [2.05, 4.69) is 4.72 Å². The number of sulfonamides is 2. The standard InChI is InChI=1S/C12H17FN2O4S2/c1-9-7-11(3-4-12(9)13)21(18,19)14-10-5-6-15(8-10)20(2,16)17/h3-4,7,10,14H,5-6,8H2,1-2H3. The van der Waals surface area contributed by atoms with Crippen molar-refractivity contribution in [2.45, 2.75) is 24.3 Å². The third kappa shape index (κ3) is 3.79. The second kappa shape index (κ2) is 5.64. The molecule has 21 heavy (non-hydrogen) atoms. The monoisotopic (exact) mass is 336 g/mol. The minimum absolute atomic E-state index is 0.0285. The van der Waals surface area contributed by atoms with Crippen molar-refractivity contribution in [1.82, 2.24) is 9.03 Å². The molecule has 1 N–H and O–H groups in total. The molecule has 1 saturated heterocycles. The van der Waals surface area contributed by atoms with Crippen LogP contribution in [0.2, 0.25) is 0 Å². The SMILES string of the molecule is Cc1cc(S(=O)(=O)NC2CCN(S(C)(=O)=O)C2)ccc1F. The second-order valence-electron chi connectivity index (χ2n) is 5.14. The number of rotatable bonds is 4. The topological polar surface area (TPSA) is 83.6 Å². The van der Waals surface area contributed by atoms with E-state index in [-0.39, 0.29) is 23.5 Å². The predicted octanol–water partition coefficient (Wildman–Crippen LogP) is 0.446. The highest BCUT2D eigenvalue weighted by Crippen LogP contribution is 2.18. The number of hydrogen-bond acceptors (Lipinski definition) is 4. The number of benzene rings is 1. The smallest absolute Gasteiger partial charge is 0.213 e. The summed E-state index contributed by atoms with van der Waals surface area (Å²) >= 11 is 0. The van der Waals surface area contributed by atoms with Crippen LogP contribution in [0, 0.1) is 12.7 Å². The molecule has 1 aliphatic rings. The normalized spacial score (nSPS) is 20.8. The maximum atomic E-state index is 13.2. The molecular weight excluding hydrogens is 319 g/mol. The maximum absolute atomic E-state index is 13.2. The van der Waals surface area contributed by atoms with Crippen LogP contribution in [-0.4, -0.2) is 46.5 Å². The summed E-state index contributed by atoms with van der Waals surface area (Å²) in [6.07, 6.45) is 1.50. The quantitative estimate of drug-likeness (QED) is 0.865. The van der Waals surface area contributed by atoms with Crippen LogP contribution in [0.3, 0.4) is 0 Å². The van der Waals surface area contributed by atoms with Crippen molar-refractivity contribution >= 4 is 20.0 Å². The molecule has 1 atom stereocenters. The highest BCUT2D eigenvalue weighted by molar-refractivity contribution is 7.89. The summed E-state index contributed by atoms with van der Waals surface area (Å²) in [6, 6.07) is 3.06. The van der Waals surface area contributed by atoms with E-state index in [1.807, 2.05) is 0 Å². The highest BCUT2D eigenvalue weighted by Gasteiger charge is 2.31. The Morgan fingerprint density at radius 3 is 2.48 bits per heavy atom. The van der Waals surface area contributed by atoms with E-state index < -0.39 is 31.9 Å². The van der Waals surface area contributed by atoms with Crippen molar-refractivity contribution in [1.29, 1.82) is 0 Å². The number of halogens is 1. The lowest BCUT2D eigenvalue weighted by molar-refractivity contribution is 0.472. The predicted molar refractivity (Wildman–Crippen MR) is 76.3 cm³/mol. The molecule has 1 aromatic rings. The van der Waals surface area contributed by atoms with E-state index in [4.69, 9.17) is 0 Å². The molecule has 1 aromatic carbocycles. The average molecular weight is 336 g/mol. The van der Waals surface area contributed by atoms with Gasteiger partial charge in [-0.25, -0.2) is 30.3 Å². The van der Waals surface area contributed by atoms with E-state index in [1.165, 1.54) is 23.4 Å². The molecule has 0 amide bonds. The van der Waals surface area contributed by atoms with Crippen molar-refractivity contribution in [3.05, 3.63) is 29.6 Å². The molecule has 1 unspecified atom stereocenters. The molecule has 0 aromatic heterocycles. The molecule has 0 aliphatic carbocycles. The second-order valence-corrected chi connectivity index (χ2v) is 8.84. The third-order valence-corrected chi connectivity index (χ3v) is 6.17.